The van der Waals surface area contributed by atoms with Crippen LogP contribution >= 0.6 is 0 Å². The molecular formula is C27H26N2O3S. The summed E-state index contributed by atoms with van der Waals surface area (Å²) in [5, 5.41) is 1.22. The Labute approximate surface area is 194 Å². The van der Waals surface area contributed by atoms with Gasteiger partial charge in [0.15, 0.2) is 9.84 Å². The molecule has 5 rings (SSSR count). The molecule has 1 amide bonds. The van der Waals surface area contributed by atoms with Gasteiger partial charge in [-0.2, -0.15) is 0 Å². The number of fused-ring (bicyclic) bond motifs is 1. The molecule has 0 atom stereocenters. The molecule has 33 heavy (non-hydrogen) atoms. The van der Waals surface area contributed by atoms with Crippen LogP contribution in [0.1, 0.15) is 40.4 Å². The summed E-state index contributed by atoms with van der Waals surface area (Å²) < 4.78 is 25.2. The minimum atomic E-state index is -3.41. The minimum Gasteiger partial charge on any atom is -0.358 e. The van der Waals surface area contributed by atoms with Crippen molar-refractivity contribution >= 4 is 26.6 Å². The minimum absolute atomic E-state index is 0.00237. The molecule has 2 heterocycles. The van der Waals surface area contributed by atoms with Gasteiger partial charge in [-0.3, -0.25) is 4.79 Å². The third kappa shape index (κ3) is 4.57. The van der Waals surface area contributed by atoms with Crippen LogP contribution in [0.15, 0.2) is 89.8 Å². The Morgan fingerprint density at radius 1 is 0.879 bits per heavy atom. The Hall–Kier alpha value is -3.38. The number of amides is 1. The molecule has 1 fully saturated rings. The number of nitrogens with zero attached hydrogens (tertiary/aromatic N) is 1. The molecule has 1 aromatic heterocycles. The molecule has 0 saturated carbocycles. The Morgan fingerprint density at radius 3 is 2.24 bits per heavy atom. The number of hydrogen-bond donors (Lipinski definition) is 1. The van der Waals surface area contributed by atoms with Gasteiger partial charge in [-0.25, -0.2) is 8.42 Å². The van der Waals surface area contributed by atoms with E-state index in [-0.39, 0.29) is 11.7 Å². The van der Waals surface area contributed by atoms with Gasteiger partial charge < -0.3 is 9.88 Å². The Bertz CT molecular complexity index is 1330. The van der Waals surface area contributed by atoms with Gasteiger partial charge in [-0.15, -0.1) is 0 Å². The zero-order valence-electron chi connectivity index (χ0n) is 18.3. The van der Waals surface area contributed by atoms with E-state index in [9.17, 15) is 13.2 Å². The fraction of sp³-hybridized carbons (Fsp3) is 0.222. The SMILES string of the molecule is O=C(c1ccc(CS(=O)(=O)c2ccccc2)cc1)N1CCC(c2cc3ccccc3[nH]2)CC1. The van der Waals surface area contributed by atoms with Gasteiger partial charge in [0.25, 0.3) is 5.91 Å². The van der Waals surface area contributed by atoms with E-state index >= 15 is 0 Å². The lowest BCUT2D eigenvalue weighted by Crippen LogP contribution is -2.38. The molecule has 0 radical (unpaired) electrons. The number of aromatic amines is 1. The van der Waals surface area contributed by atoms with Gasteiger partial charge in [-0.1, -0.05) is 48.5 Å². The second kappa shape index (κ2) is 8.87. The lowest BCUT2D eigenvalue weighted by molar-refractivity contribution is 0.0712. The fourth-order valence-electron chi connectivity index (χ4n) is 4.57. The lowest BCUT2D eigenvalue weighted by Gasteiger charge is -2.31. The van der Waals surface area contributed by atoms with Crippen molar-refractivity contribution in [2.45, 2.75) is 29.4 Å². The number of nitrogens with one attached hydrogen (secondary N) is 1. The van der Waals surface area contributed by atoms with Crippen molar-refractivity contribution in [1.82, 2.24) is 9.88 Å². The number of aromatic nitrogens is 1. The molecule has 0 bridgehead atoms. The third-order valence-electron chi connectivity index (χ3n) is 6.43. The summed E-state index contributed by atoms with van der Waals surface area (Å²) in [5.41, 5.74) is 3.67. The predicted molar refractivity (Wildman–Crippen MR) is 130 cm³/mol. The third-order valence-corrected chi connectivity index (χ3v) is 8.14. The first kappa shape index (κ1) is 21.5. The Kier molecular flexibility index (Phi) is 5.77. The second-order valence-electron chi connectivity index (χ2n) is 8.65. The van der Waals surface area contributed by atoms with Gasteiger partial charge in [-0.05, 0) is 60.2 Å². The largest absolute Gasteiger partial charge is 0.358 e. The molecular weight excluding hydrogens is 432 g/mol. The average Bonchev–Trinajstić information content (AvgIpc) is 3.29. The number of sulfone groups is 1. The maximum absolute atomic E-state index is 13.0. The van der Waals surface area contributed by atoms with Gasteiger partial charge in [0, 0.05) is 35.8 Å². The Balaban J connectivity index is 1.21. The maximum atomic E-state index is 13.0. The number of carbonyl (C=O) groups is 1. The number of rotatable bonds is 5. The van der Waals surface area contributed by atoms with Crippen LogP contribution in [-0.2, 0) is 15.6 Å². The zero-order chi connectivity index (χ0) is 22.8. The van der Waals surface area contributed by atoms with Crippen molar-refractivity contribution in [2.24, 2.45) is 0 Å². The number of piperidine rings is 1. The number of likely N-dealkylation sites (tertiary alicyclic amines) is 1. The van der Waals surface area contributed by atoms with Crippen LogP contribution in [-0.4, -0.2) is 37.3 Å². The number of carbonyl (C=O) groups excluding carboxylic acids is 1. The first-order valence-electron chi connectivity index (χ1n) is 11.2. The van der Waals surface area contributed by atoms with E-state index in [1.807, 2.05) is 17.0 Å². The molecule has 4 aromatic rings. The van der Waals surface area contributed by atoms with Crippen molar-refractivity contribution in [3.8, 4) is 0 Å². The van der Waals surface area contributed by atoms with E-state index in [4.69, 9.17) is 0 Å². The number of hydrogen-bond acceptors (Lipinski definition) is 3. The average molecular weight is 459 g/mol. The zero-order valence-corrected chi connectivity index (χ0v) is 19.1. The number of para-hydroxylation sites is 1. The Morgan fingerprint density at radius 2 is 1.55 bits per heavy atom. The van der Waals surface area contributed by atoms with E-state index in [1.165, 1.54) is 11.1 Å². The number of benzene rings is 3. The quantitative estimate of drug-likeness (QED) is 0.449. The fourth-order valence-corrected chi connectivity index (χ4v) is 5.94. The second-order valence-corrected chi connectivity index (χ2v) is 10.6. The first-order chi connectivity index (χ1) is 16.0. The molecule has 1 aliphatic heterocycles. The van der Waals surface area contributed by atoms with Crippen molar-refractivity contribution in [3.63, 3.8) is 0 Å². The lowest BCUT2D eigenvalue weighted by atomic mass is 9.93. The molecule has 168 valence electrons. The molecule has 0 aliphatic carbocycles. The van der Waals surface area contributed by atoms with E-state index in [2.05, 4.69) is 23.2 Å². The maximum Gasteiger partial charge on any atom is 0.253 e. The van der Waals surface area contributed by atoms with Crippen LogP contribution < -0.4 is 0 Å². The summed E-state index contributed by atoms with van der Waals surface area (Å²) >= 11 is 0. The van der Waals surface area contributed by atoms with Crippen LogP contribution in [0.4, 0.5) is 0 Å². The molecule has 6 heteroatoms. The highest BCUT2D eigenvalue weighted by Crippen LogP contribution is 2.30. The first-order valence-corrected chi connectivity index (χ1v) is 12.9. The summed E-state index contributed by atoms with van der Waals surface area (Å²) in [6.45, 7) is 1.42. The highest BCUT2D eigenvalue weighted by molar-refractivity contribution is 7.90. The molecule has 1 saturated heterocycles. The normalized spacial score (nSPS) is 15.1. The topological polar surface area (TPSA) is 70.2 Å². The summed E-state index contributed by atoms with van der Waals surface area (Å²) in [6.07, 6.45) is 1.85. The molecule has 0 unspecified atom stereocenters. The van der Waals surface area contributed by atoms with Crippen LogP contribution in [0.3, 0.4) is 0 Å². The van der Waals surface area contributed by atoms with Gasteiger partial charge in [0.2, 0.25) is 0 Å². The van der Waals surface area contributed by atoms with Crippen LogP contribution in [0, 0.1) is 0 Å². The van der Waals surface area contributed by atoms with E-state index in [0.717, 1.165) is 18.4 Å². The van der Waals surface area contributed by atoms with Crippen molar-refractivity contribution in [2.75, 3.05) is 13.1 Å². The highest BCUT2D eigenvalue weighted by Gasteiger charge is 2.25. The van der Waals surface area contributed by atoms with E-state index in [1.54, 1.807) is 54.6 Å². The van der Waals surface area contributed by atoms with Gasteiger partial charge in [0.1, 0.15) is 0 Å². The molecule has 1 N–H and O–H groups in total. The summed E-state index contributed by atoms with van der Waals surface area (Å²) in [4.78, 5) is 18.7. The van der Waals surface area contributed by atoms with Gasteiger partial charge in [0.05, 0.1) is 10.6 Å². The van der Waals surface area contributed by atoms with E-state index < -0.39 is 9.84 Å². The van der Waals surface area contributed by atoms with Crippen molar-refractivity contribution in [3.05, 3.63) is 102 Å². The monoisotopic (exact) mass is 458 g/mol. The predicted octanol–water partition coefficient (Wildman–Crippen LogP) is 5.16. The van der Waals surface area contributed by atoms with Crippen LogP contribution in [0.2, 0.25) is 0 Å². The van der Waals surface area contributed by atoms with E-state index in [0.29, 0.717) is 35.0 Å². The van der Waals surface area contributed by atoms with Crippen molar-refractivity contribution in [1.29, 1.82) is 0 Å². The van der Waals surface area contributed by atoms with Crippen LogP contribution in [0.25, 0.3) is 10.9 Å². The molecule has 5 nitrogen and oxygen atoms in total. The molecule has 0 spiro atoms. The summed E-state index contributed by atoms with van der Waals surface area (Å²) in [5.74, 6) is 0.344. The van der Waals surface area contributed by atoms with Gasteiger partial charge >= 0.3 is 0 Å². The summed E-state index contributed by atoms with van der Waals surface area (Å²) in [6, 6.07) is 25.9. The molecule has 1 aliphatic rings. The highest BCUT2D eigenvalue weighted by atomic mass is 32.2. The van der Waals surface area contributed by atoms with Crippen molar-refractivity contribution < 1.29 is 13.2 Å². The summed E-state index contributed by atoms with van der Waals surface area (Å²) in [7, 11) is -3.41. The standard InChI is InChI=1S/C27H26N2O3S/c30-27(22-12-10-20(11-13-22)19-33(31,32)24-7-2-1-3-8-24)29-16-14-21(15-17-29)26-18-23-6-4-5-9-25(23)28-26/h1-13,18,21,28H,14-17,19H2. The smallest absolute Gasteiger partial charge is 0.253 e. The van der Waals surface area contributed by atoms with Crippen LogP contribution in [0.5, 0.6) is 0 Å². The molecule has 3 aromatic carbocycles. The number of H-pyrrole nitrogens is 1.